The lowest BCUT2D eigenvalue weighted by Gasteiger charge is -2.16. The Kier molecular flexibility index (Phi) is 8.91. The van der Waals surface area contributed by atoms with E-state index in [0.717, 1.165) is 4.90 Å². The fraction of sp³-hybridized carbons (Fsp3) is 0.667. The maximum absolute atomic E-state index is 11.9. The van der Waals surface area contributed by atoms with Gasteiger partial charge in [-0.05, 0) is 0 Å². The highest BCUT2D eigenvalue weighted by Gasteiger charge is 2.42. The van der Waals surface area contributed by atoms with Gasteiger partial charge >= 0.3 is 12.1 Å². The van der Waals surface area contributed by atoms with Gasteiger partial charge in [-0.1, -0.05) is 34.3 Å². The fourth-order valence-electron chi connectivity index (χ4n) is 1.20. The van der Waals surface area contributed by atoms with Gasteiger partial charge in [0.05, 0.1) is 12.5 Å². The molecule has 2 amide bonds. The van der Waals surface area contributed by atoms with Crippen LogP contribution in [0.3, 0.4) is 0 Å². The molecule has 0 aromatic heterocycles. The van der Waals surface area contributed by atoms with E-state index in [4.69, 9.17) is 0 Å². The van der Waals surface area contributed by atoms with Crippen molar-refractivity contribution in [1.82, 2.24) is 10.2 Å². The Morgan fingerprint density at radius 3 is 2.00 bits per heavy atom. The topological polar surface area (TPSA) is 49.4 Å². The number of hydrogen-bond donors (Lipinski definition) is 1. The van der Waals surface area contributed by atoms with Crippen molar-refractivity contribution in [2.45, 2.75) is 46.3 Å². The number of nitrogens with one attached hydrogen (secondary N) is 1. The van der Waals surface area contributed by atoms with Crippen LogP contribution in [0.1, 0.15) is 34.1 Å². The van der Waals surface area contributed by atoms with Crippen molar-refractivity contribution in [3.8, 4) is 0 Å². The lowest BCUT2D eigenvalue weighted by Crippen LogP contribution is -2.43. The molecule has 0 aromatic rings. The fourth-order valence-corrected chi connectivity index (χ4v) is 1.20. The standard InChI is InChI=1S/C8H9F3N2O2.2C2H6/c1-4-5(3-6(14)13(4)2)12-7(15)8(9,10)11;2*1-2/h5H,1,3H2,2H3,(H,12,15);2*1-2H3. The van der Waals surface area contributed by atoms with E-state index in [1.54, 1.807) is 5.32 Å². The highest BCUT2D eigenvalue weighted by molar-refractivity contribution is 5.86. The number of carbonyl (C=O) groups excluding carboxylic acids is 2. The van der Waals surface area contributed by atoms with Gasteiger partial charge in [-0.3, -0.25) is 9.59 Å². The van der Waals surface area contributed by atoms with Crippen LogP contribution >= 0.6 is 0 Å². The molecule has 1 N–H and O–H groups in total. The van der Waals surface area contributed by atoms with Crippen molar-refractivity contribution in [2.75, 3.05) is 7.05 Å². The molecular formula is C12H21F3N2O2. The zero-order chi connectivity index (χ0) is 15.8. The Morgan fingerprint density at radius 1 is 1.32 bits per heavy atom. The first-order chi connectivity index (χ1) is 8.73. The Labute approximate surface area is 111 Å². The molecule has 0 saturated carbocycles. The van der Waals surface area contributed by atoms with Crippen molar-refractivity contribution < 1.29 is 22.8 Å². The zero-order valence-electron chi connectivity index (χ0n) is 11.9. The summed E-state index contributed by atoms with van der Waals surface area (Å²) in [6, 6.07) is -0.961. The molecule has 1 unspecified atom stereocenters. The third-order valence-corrected chi connectivity index (χ3v) is 2.15. The second-order valence-corrected chi connectivity index (χ2v) is 3.17. The highest BCUT2D eigenvalue weighted by Crippen LogP contribution is 2.21. The molecular weight excluding hydrogens is 261 g/mol. The molecule has 1 fully saturated rings. The largest absolute Gasteiger partial charge is 0.471 e. The quantitative estimate of drug-likeness (QED) is 0.803. The molecule has 112 valence electrons. The number of hydrogen-bond acceptors (Lipinski definition) is 2. The number of rotatable bonds is 1. The predicted molar refractivity (Wildman–Crippen MR) is 67.2 cm³/mol. The molecule has 1 saturated heterocycles. The Balaban J connectivity index is 0. The lowest BCUT2D eigenvalue weighted by molar-refractivity contribution is -0.174. The Bertz CT molecular complexity index is 327. The summed E-state index contributed by atoms with van der Waals surface area (Å²) in [6.45, 7) is 11.4. The minimum absolute atomic E-state index is 0.164. The number of halogens is 3. The van der Waals surface area contributed by atoms with E-state index in [1.807, 2.05) is 27.7 Å². The van der Waals surface area contributed by atoms with Crippen LogP contribution in [0.5, 0.6) is 0 Å². The molecule has 7 heteroatoms. The van der Waals surface area contributed by atoms with Crippen LogP contribution in [0.2, 0.25) is 0 Å². The summed E-state index contributed by atoms with van der Waals surface area (Å²) >= 11 is 0. The Morgan fingerprint density at radius 2 is 1.74 bits per heavy atom. The summed E-state index contributed by atoms with van der Waals surface area (Å²) in [4.78, 5) is 22.8. The van der Waals surface area contributed by atoms with Crippen molar-refractivity contribution in [3.05, 3.63) is 12.3 Å². The molecule has 0 aromatic carbocycles. The smallest absolute Gasteiger partial charge is 0.339 e. The second kappa shape index (κ2) is 8.55. The van der Waals surface area contributed by atoms with Crippen LogP contribution in [0, 0.1) is 0 Å². The molecule has 0 radical (unpaired) electrons. The third-order valence-electron chi connectivity index (χ3n) is 2.15. The lowest BCUT2D eigenvalue weighted by atomic mass is 10.2. The van der Waals surface area contributed by atoms with Gasteiger partial charge in [0.1, 0.15) is 0 Å². The van der Waals surface area contributed by atoms with E-state index in [9.17, 15) is 22.8 Å². The first-order valence-electron chi connectivity index (χ1n) is 6.06. The number of alkyl halides is 3. The van der Waals surface area contributed by atoms with Crippen LogP contribution in [-0.2, 0) is 9.59 Å². The minimum Gasteiger partial charge on any atom is -0.339 e. The van der Waals surface area contributed by atoms with Crippen LogP contribution in [0.15, 0.2) is 12.3 Å². The summed E-state index contributed by atoms with van der Waals surface area (Å²) in [5.74, 6) is -2.43. The molecule has 0 aliphatic carbocycles. The second-order valence-electron chi connectivity index (χ2n) is 3.17. The minimum atomic E-state index is -4.94. The average Bonchev–Trinajstić information content (AvgIpc) is 2.61. The van der Waals surface area contributed by atoms with Crippen LogP contribution in [0.4, 0.5) is 13.2 Å². The first-order valence-corrected chi connectivity index (χ1v) is 6.06. The molecule has 1 heterocycles. The van der Waals surface area contributed by atoms with E-state index >= 15 is 0 Å². The maximum atomic E-state index is 11.9. The summed E-state index contributed by atoms with van der Waals surface area (Å²) in [5.41, 5.74) is 0.164. The van der Waals surface area contributed by atoms with Crippen LogP contribution < -0.4 is 5.32 Å². The molecule has 0 bridgehead atoms. The first kappa shape index (κ1) is 19.8. The number of carbonyl (C=O) groups is 2. The summed E-state index contributed by atoms with van der Waals surface area (Å²) in [7, 11) is 1.39. The maximum Gasteiger partial charge on any atom is 0.471 e. The SMILES string of the molecule is C=C1C(NC(=O)C(F)(F)F)CC(=O)N1C.CC.CC. The van der Waals surface area contributed by atoms with Gasteiger partial charge in [-0.25, -0.2) is 0 Å². The summed E-state index contributed by atoms with van der Waals surface area (Å²) < 4.78 is 35.7. The van der Waals surface area contributed by atoms with Gasteiger partial charge in [-0.15, -0.1) is 0 Å². The average molecular weight is 282 g/mol. The van der Waals surface area contributed by atoms with Crippen molar-refractivity contribution in [3.63, 3.8) is 0 Å². The summed E-state index contributed by atoms with van der Waals surface area (Å²) in [6.07, 6.45) is -5.12. The highest BCUT2D eigenvalue weighted by atomic mass is 19.4. The van der Waals surface area contributed by atoms with Gasteiger partial charge in [0.15, 0.2) is 0 Å². The zero-order valence-corrected chi connectivity index (χ0v) is 11.9. The van der Waals surface area contributed by atoms with Crippen LogP contribution in [0.25, 0.3) is 0 Å². The van der Waals surface area contributed by atoms with E-state index in [0.29, 0.717) is 0 Å². The molecule has 19 heavy (non-hydrogen) atoms. The van der Waals surface area contributed by atoms with Gasteiger partial charge in [0, 0.05) is 12.7 Å². The van der Waals surface area contributed by atoms with Crippen molar-refractivity contribution in [1.29, 1.82) is 0 Å². The number of likely N-dealkylation sites (N-methyl/N-ethyl adjacent to an activating group) is 1. The third kappa shape index (κ3) is 5.76. The van der Waals surface area contributed by atoms with E-state index in [2.05, 4.69) is 6.58 Å². The summed E-state index contributed by atoms with van der Waals surface area (Å²) in [5, 5.41) is 1.70. The van der Waals surface area contributed by atoms with E-state index in [-0.39, 0.29) is 18.0 Å². The molecule has 1 aliphatic rings. The Hall–Kier alpha value is -1.53. The van der Waals surface area contributed by atoms with Gasteiger partial charge in [-0.2, -0.15) is 13.2 Å². The van der Waals surface area contributed by atoms with Gasteiger partial charge in [0.25, 0.3) is 0 Å². The monoisotopic (exact) mass is 282 g/mol. The molecule has 0 spiro atoms. The molecule has 4 nitrogen and oxygen atoms in total. The number of amides is 2. The predicted octanol–water partition coefficient (Wildman–Crippen LogP) is 2.46. The van der Waals surface area contributed by atoms with Crippen molar-refractivity contribution >= 4 is 11.8 Å². The molecule has 1 atom stereocenters. The van der Waals surface area contributed by atoms with E-state index < -0.39 is 18.1 Å². The number of likely N-dealkylation sites (tertiary alicyclic amines) is 1. The normalized spacial score (nSPS) is 18.1. The van der Waals surface area contributed by atoms with Crippen LogP contribution in [-0.4, -0.2) is 36.0 Å². The van der Waals surface area contributed by atoms with Gasteiger partial charge < -0.3 is 10.2 Å². The number of nitrogens with zero attached hydrogens (tertiary/aromatic N) is 1. The van der Waals surface area contributed by atoms with E-state index in [1.165, 1.54) is 7.05 Å². The van der Waals surface area contributed by atoms with Gasteiger partial charge in [0.2, 0.25) is 5.91 Å². The van der Waals surface area contributed by atoms with Crippen molar-refractivity contribution in [2.24, 2.45) is 0 Å². The molecule has 1 aliphatic heterocycles. The molecule has 1 rings (SSSR count).